The van der Waals surface area contributed by atoms with Crippen molar-refractivity contribution in [3.63, 3.8) is 0 Å². The van der Waals surface area contributed by atoms with Crippen molar-refractivity contribution in [3.05, 3.63) is 47.7 Å². The highest BCUT2D eigenvalue weighted by molar-refractivity contribution is 5.92. The number of nitrogens with zero attached hydrogens (tertiary/aromatic N) is 3. The van der Waals surface area contributed by atoms with Gasteiger partial charge in [-0.1, -0.05) is 12.1 Å². The summed E-state index contributed by atoms with van der Waals surface area (Å²) in [5, 5.41) is 0. The van der Waals surface area contributed by atoms with Gasteiger partial charge >= 0.3 is 0 Å². The van der Waals surface area contributed by atoms with Crippen LogP contribution in [0, 0.1) is 12.3 Å². The van der Waals surface area contributed by atoms with E-state index in [1.807, 2.05) is 36.2 Å². The summed E-state index contributed by atoms with van der Waals surface area (Å²) in [6.45, 7) is 3.89. The molecule has 4 rings (SSSR count). The zero-order chi connectivity index (χ0) is 20.4. The Morgan fingerprint density at radius 2 is 2.00 bits per heavy atom. The fraction of sp³-hybridized carbons (Fsp3) is 0.500. The van der Waals surface area contributed by atoms with Crippen molar-refractivity contribution in [2.75, 3.05) is 26.7 Å². The molecule has 2 bridgehead atoms. The maximum atomic E-state index is 13.0. The zero-order valence-corrected chi connectivity index (χ0v) is 17.0. The molecule has 7 nitrogen and oxygen atoms in total. The molecule has 1 fully saturated rings. The molecule has 2 aliphatic rings. The Morgan fingerprint density at radius 1 is 1.21 bits per heavy atom. The van der Waals surface area contributed by atoms with E-state index in [0.717, 1.165) is 37.0 Å². The molecule has 1 spiro atoms. The summed E-state index contributed by atoms with van der Waals surface area (Å²) in [4.78, 5) is 33.5. The maximum Gasteiger partial charge on any atom is 0.291 e. The van der Waals surface area contributed by atoms with Crippen molar-refractivity contribution in [1.82, 2.24) is 14.8 Å². The lowest BCUT2D eigenvalue weighted by molar-refractivity contribution is -0.136. The third-order valence-electron chi connectivity index (χ3n) is 5.84. The van der Waals surface area contributed by atoms with Gasteiger partial charge in [-0.25, -0.2) is 4.98 Å². The minimum atomic E-state index is -0.360. The molecule has 29 heavy (non-hydrogen) atoms. The standard InChI is InChI=1S/C22H27N3O4/c1-16-19(29-15-23-16)20(26)25-11-4-3-10-24(2)21(27)22(8-9-22)14-28-18-7-5-6-17(12-18)13-25/h5-7,12,15H,3-4,8-11,13-14H2,1-2H3. The number of amides is 2. The number of ether oxygens (including phenoxy) is 1. The number of carbonyl (C=O) groups is 2. The molecule has 154 valence electrons. The van der Waals surface area contributed by atoms with Gasteiger partial charge in [0.1, 0.15) is 12.4 Å². The van der Waals surface area contributed by atoms with Crippen LogP contribution in [0.15, 0.2) is 35.1 Å². The van der Waals surface area contributed by atoms with Crippen molar-refractivity contribution in [2.24, 2.45) is 5.41 Å². The van der Waals surface area contributed by atoms with Gasteiger partial charge in [0.25, 0.3) is 5.91 Å². The van der Waals surface area contributed by atoms with Crippen molar-refractivity contribution in [2.45, 2.75) is 39.2 Å². The molecule has 1 aromatic heterocycles. The number of aryl methyl sites for hydroxylation is 1. The average Bonchev–Trinajstić information content (AvgIpc) is 3.40. The maximum absolute atomic E-state index is 13.0. The monoisotopic (exact) mass is 397 g/mol. The molecule has 1 aliphatic heterocycles. The van der Waals surface area contributed by atoms with Gasteiger partial charge in [0.15, 0.2) is 6.39 Å². The molecule has 2 amide bonds. The summed E-state index contributed by atoms with van der Waals surface area (Å²) in [7, 11) is 1.86. The molecular formula is C22H27N3O4. The summed E-state index contributed by atoms with van der Waals surface area (Å²) in [6.07, 6.45) is 4.71. The van der Waals surface area contributed by atoms with Crippen LogP contribution >= 0.6 is 0 Å². The van der Waals surface area contributed by atoms with Crippen LogP contribution in [0.3, 0.4) is 0 Å². The fourth-order valence-electron chi connectivity index (χ4n) is 3.81. The molecule has 0 radical (unpaired) electrons. The first-order valence-corrected chi connectivity index (χ1v) is 10.2. The molecule has 2 aromatic rings. The molecule has 0 unspecified atom stereocenters. The van der Waals surface area contributed by atoms with Crippen LogP contribution < -0.4 is 4.74 Å². The van der Waals surface area contributed by atoms with E-state index in [9.17, 15) is 9.59 Å². The SMILES string of the molecule is Cc1ncoc1C(=O)N1CCCCN(C)C(=O)C2(CC2)COc2cccc(c2)C1. The van der Waals surface area contributed by atoms with Crippen LogP contribution in [0.25, 0.3) is 0 Å². The number of carbonyl (C=O) groups excluding carboxylic acids is 2. The van der Waals surface area contributed by atoms with Crippen molar-refractivity contribution < 1.29 is 18.7 Å². The summed E-state index contributed by atoms with van der Waals surface area (Å²) >= 11 is 0. The van der Waals surface area contributed by atoms with Gasteiger partial charge in [-0.15, -0.1) is 0 Å². The van der Waals surface area contributed by atoms with E-state index in [4.69, 9.17) is 9.15 Å². The third-order valence-corrected chi connectivity index (χ3v) is 5.84. The predicted octanol–water partition coefficient (Wildman–Crippen LogP) is 3.04. The largest absolute Gasteiger partial charge is 0.492 e. The number of hydrogen-bond acceptors (Lipinski definition) is 5. The van der Waals surface area contributed by atoms with Crippen molar-refractivity contribution >= 4 is 11.8 Å². The van der Waals surface area contributed by atoms with E-state index in [2.05, 4.69) is 4.98 Å². The van der Waals surface area contributed by atoms with Crippen molar-refractivity contribution in [1.29, 1.82) is 0 Å². The van der Waals surface area contributed by atoms with E-state index >= 15 is 0 Å². The highest BCUT2D eigenvalue weighted by atomic mass is 16.5. The number of fused-ring (bicyclic) bond motifs is 2. The van der Waals surface area contributed by atoms with Gasteiger partial charge in [-0.2, -0.15) is 0 Å². The number of hydrogen-bond donors (Lipinski definition) is 0. The van der Waals surface area contributed by atoms with E-state index in [1.54, 1.807) is 11.8 Å². The first-order valence-electron chi connectivity index (χ1n) is 10.2. The van der Waals surface area contributed by atoms with Crippen LogP contribution in [0.5, 0.6) is 5.75 Å². The smallest absolute Gasteiger partial charge is 0.291 e. The second-order valence-electron chi connectivity index (χ2n) is 8.14. The molecule has 0 saturated heterocycles. The highest BCUT2D eigenvalue weighted by Gasteiger charge is 2.52. The lowest BCUT2D eigenvalue weighted by Gasteiger charge is -2.26. The average molecular weight is 397 g/mol. The van der Waals surface area contributed by atoms with Gasteiger partial charge in [-0.05, 0) is 50.3 Å². The van der Waals surface area contributed by atoms with Gasteiger partial charge in [-0.3, -0.25) is 9.59 Å². The normalized spacial score (nSPS) is 19.6. The molecule has 7 heteroatoms. The molecule has 1 aromatic carbocycles. The Morgan fingerprint density at radius 3 is 2.72 bits per heavy atom. The number of rotatable bonds is 1. The van der Waals surface area contributed by atoms with Crippen LogP contribution in [-0.4, -0.2) is 53.3 Å². The topological polar surface area (TPSA) is 75.9 Å². The van der Waals surface area contributed by atoms with E-state index in [-0.39, 0.29) is 23.0 Å². The Kier molecular flexibility index (Phi) is 5.30. The van der Waals surface area contributed by atoms with E-state index < -0.39 is 0 Å². The number of oxazole rings is 1. The third kappa shape index (κ3) is 4.13. The first kappa shape index (κ1) is 19.5. The molecule has 2 heterocycles. The van der Waals surface area contributed by atoms with Crippen LogP contribution in [0.2, 0.25) is 0 Å². The van der Waals surface area contributed by atoms with E-state index in [0.29, 0.717) is 31.9 Å². The second kappa shape index (κ2) is 7.89. The Balaban J connectivity index is 1.58. The molecular weight excluding hydrogens is 370 g/mol. The molecule has 1 aliphatic carbocycles. The van der Waals surface area contributed by atoms with Crippen LogP contribution in [0.1, 0.15) is 47.5 Å². The lowest BCUT2D eigenvalue weighted by atomic mass is 10.1. The van der Waals surface area contributed by atoms with Gasteiger partial charge in [0, 0.05) is 26.7 Å². The van der Waals surface area contributed by atoms with E-state index in [1.165, 1.54) is 6.39 Å². The Labute approximate surface area is 170 Å². The van der Waals surface area contributed by atoms with Gasteiger partial charge < -0.3 is 19.0 Å². The van der Waals surface area contributed by atoms with Gasteiger partial charge in [0.05, 0.1) is 11.1 Å². The zero-order valence-electron chi connectivity index (χ0n) is 17.0. The lowest BCUT2D eigenvalue weighted by Crippen LogP contribution is -2.38. The minimum Gasteiger partial charge on any atom is -0.492 e. The number of aromatic nitrogens is 1. The number of benzene rings is 1. The molecule has 0 N–H and O–H groups in total. The summed E-state index contributed by atoms with van der Waals surface area (Å²) in [5.41, 5.74) is 1.21. The van der Waals surface area contributed by atoms with Gasteiger partial charge in [0.2, 0.25) is 11.7 Å². The first-order chi connectivity index (χ1) is 14.0. The van der Waals surface area contributed by atoms with Crippen molar-refractivity contribution in [3.8, 4) is 5.75 Å². The van der Waals surface area contributed by atoms with Crippen LogP contribution in [0.4, 0.5) is 0 Å². The summed E-state index contributed by atoms with van der Waals surface area (Å²) in [5.74, 6) is 1.00. The minimum absolute atomic E-state index is 0.163. The summed E-state index contributed by atoms with van der Waals surface area (Å²) in [6, 6.07) is 7.75. The Hall–Kier alpha value is -2.83. The Bertz CT molecular complexity index is 903. The van der Waals surface area contributed by atoms with Crippen LogP contribution in [-0.2, 0) is 11.3 Å². The molecule has 0 atom stereocenters. The molecule has 1 saturated carbocycles. The predicted molar refractivity (Wildman–Crippen MR) is 106 cm³/mol. The summed E-state index contributed by atoms with van der Waals surface area (Å²) < 4.78 is 11.3. The second-order valence-corrected chi connectivity index (χ2v) is 8.14. The highest BCUT2D eigenvalue weighted by Crippen LogP contribution is 2.47. The quantitative estimate of drug-likeness (QED) is 0.739. The fourth-order valence-corrected chi connectivity index (χ4v) is 3.81.